The van der Waals surface area contributed by atoms with Crippen molar-refractivity contribution < 1.29 is 9.59 Å². The van der Waals surface area contributed by atoms with Crippen LogP contribution in [0.4, 0.5) is 11.4 Å². The van der Waals surface area contributed by atoms with Crippen LogP contribution in [0.2, 0.25) is 5.02 Å². The van der Waals surface area contributed by atoms with Crippen molar-refractivity contribution in [2.75, 3.05) is 10.2 Å². The van der Waals surface area contributed by atoms with Crippen LogP contribution >= 0.6 is 11.6 Å². The zero-order valence-corrected chi connectivity index (χ0v) is 19.4. The highest BCUT2D eigenvalue weighted by Gasteiger charge is 2.40. The fourth-order valence-corrected chi connectivity index (χ4v) is 4.09. The predicted octanol–water partition coefficient (Wildman–Crippen LogP) is 6.22. The van der Waals surface area contributed by atoms with Crippen LogP contribution in [0.15, 0.2) is 66.4 Å². The van der Waals surface area contributed by atoms with Crippen LogP contribution in [0.1, 0.15) is 34.7 Å². The highest BCUT2D eigenvalue weighted by atomic mass is 35.5. The molecule has 0 atom stereocenters. The number of rotatable bonds is 5. The summed E-state index contributed by atoms with van der Waals surface area (Å²) in [5, 5.41) is 3.78. The molecule has 0 aromatic heterocycles. The molecule has 0 unspecified atom stereocenters. The van der Waals surface area contributed by atoms with Crippen LogP contribution < -0.4 is 10.2 Å². The molecule has 3 aromatic carbocycles. The highest BCUT2D eigenvalue weighted by molar-refractivity contribution is 6.46. The molecule has 0 spiro atoms. The Morgan fingerprint density at radius 3 is 2.16 bits per heavy atom. The van der Waals surface area contributed by atoms with Crippen LogP contribution in [0.25, 0.3) is 5.57 Å². The molecule has 0 bridgehead atoms. The molecule has 0 saturated carbocycles. The minimum Gasteiger partial charge on any atom is -0.350 e. The molecule has 0 fully saturated rings. The number of hydrogen-bond donors (Lipinski definition) is 1. The maximum absolute atomic E-state index is 13.6. The molecule has 2 amide bonds. The van der Waals surface area contributed by atoms with Crippen LogP contribution in [0, 0.1) is 20.8 Å². The van der Waals surface area contributed by atoms with Gasteiger partial charge >= 0.3 is 0 Å². The van der Waals surface area contributed by atoms with Crippen molar-refractivity contribution in [3.63, 3.8) is 0 Å². The maximum atomic E-state index is 13.6. The van der Waals surface area contributed by atoms with Crippen LogP contribution in [0.3, 0.4) is 0 Å². The molecular formula is C27H25ClN2O2. The minimum absolute atomic E-state index is 0.275. The molecule has 3 aromatic rings. The Balaban J connectivity index is 1.83. The average Bonchev–Trinajstić information content (AvgIpc) is 3.00. The zero-order chi connectivity index (χ0) is 23.0. The Labute approximate surface area is 193 Å². The van der Waals surface area contributed by atoms with Gasteiger partial charge in [0.2, 0.25) is 0 Å². The third kappa shape index (κ3) is 3.94. The van der Waals surface area contributed by atoms with E-state index in [2.05, 4.69) is 12.2 Å². The van der Waals surface area contributed by atoms with E-state index in [9.17, 15) is 9.59 Å². The molecule has 1 N–H and O–H groups in total. The highest BCUT2D eigenvalue weighted by Crippen LogP contribution is 2.36. The predicted molar refractivity (Wildman–Crippen MR) is 131 cm³/mol. The van der Waals surface area contributed by atoms with Gasteiger partial charge in [0.15, 0.2) is 0 Å². The summed E-state index contributed by atoms with van der Waals surface area (Å²) < 4.78 is 0. The van der Waals surface area contributed by atoms with Gasteiger partial charge in [0, 0.05) is 10.7 Å². The van der Waals surface area contributed by atoms with E-state index in [-0.39, 0.29) is 17.5 Å². The summed E-state index contributed by atoms with van der Waals surface area (Å²) in [6.45, 7) is 7.95. The molecule has 162 valence electrons. The normalized spacial score (nSPS) is 13.8. The molecular weight excluding hydrogens is 420 g/mol. The van der Waals surface area contributed by atoms with Gasteiger partial charge in [-0.25, -0.2) is 4.90 Å². The van der Waals surface area contributed by atoms with Crippen molar-refractivity contribution >= 4 is 40.4 Å². The van der Waals surface area contributed by atoms with Gasteiger partial charge in [0.05, 0.1) is 11.3 Å². The van der Waals surface area contributed by atoms with Gasteiger partial charge in [0.25, 0.3) is 11.8 Å². The van der Waals surface area contributed by atoms with Crippen molar-refractivity contribution in [3.05, 3.63) is 99.2 Å². The number of nitrogens with zero attached hydrogens (tertiary/aromatic N) is 1. The van der Waals surface area contributed by atoms with Crippen molar-refractivity contribution in [1.82, 2.24) is 0 Å². The van der Waals surface area contributed by atoms with Gasteiger partial charge in [-0.1, -0.05) is 48.9 Å². The number of amides is 2. The molecule has 0 saturated heterocycles. The second-order valence-corrected chi connectivity index (χ2v) is 8.54. The van der Waals surface area contributed by atoms with E-state index in [1.807, 2.05) is 63.2 Å². The Morgan fingerprint density at radius 1 is 0.812 bits per heavy atom. The number of nitrogens with one attached hydrogen (secondary N) is 1. The van der Waals surface area contributed by atoms with E-state index >= 15 is 0 Å². The molecule has 32 heavy (non-hydrogen) atoms. The summed E-state index contributed by atoms with van der Waals surface area (Å²) >= 11 is 6.10. The monoisotopic (exact) mass is 444 g/mol. The number of imide groups is 1. The molecule has 0 aliphatic carbocycles. The van der Waals surface area contributed by atoms with Crippen molar-refractivity contribution in [2.24, 2.45) is 0 Å². The molecule has 4 nitrogen and oxygen atoms in total. The van der Waals surface area contributed by atoms with E-state index in [1.165, 1.54) is 10.5 Å². The molecule has 0 radical (unpaired) electrons. The lowest BCUT2D eigenvalue weighted by Gasteiger charge is -2.18. The van der Waals surface area contributed by atoms with Gasteiger partial charge in [-0.3, -0.25) is 9.59 Å². The summed E-state index contributed by atoms with van der Waals surface area (Å²) in [5.74, 6) is -0.732. The second-order valence-electron chi connectivity index (χ2n) is 8.10. The van der Waals surface area contributed by atoms with Crippen LogP contribution in [-0.2, 0) is 16.0 Å². The summed E-state index contributed by atoms with van der Waals surface area (Å²) in [6, 6.07) is 18.9. The van der Waals surface area contributed by atoms with Gasteiger partial charge in [-0.15, -0.1) is 0 Å². The first-order chi connectivity index (χ1) is 15.3. The quantitative estimate of drug-likeness (QED) is 0.475. The zero-order valence-electron chi connectivity index (χ0n) is 18.6. The van der Waals surface area contributed by atoms with E-state index in [4.69, 9.17) is 11.6 Å². The van der Waals surface area contributed by atoms with Crippen LogP contribution in [-0.4, -0.2) is 11.8 Å². The number of carbonyl (C=O) groups is 2. The van der Waals surface area contributed by atoms with E-state index < -0.39 is 0 Å². The summed E-state index contributed by atoms with van der Waals surface area (Å²) in [4.78, 5) is 28.4. The summed E-state index contributed by atoms with van der Waals surface area (Å²) in [7, 11) is 0. The molecule has 1 heterocycles. The summed E-state index contributed by atoms with van der Waals surface area (Å²) in [6.07, 6.45) is 0.928. The van der Waals surface area contributed by atoms with Crippen LogP contribution in [0.5, 0.6) is 0 Å². The molecule has 1 aliphatic heterocycles. The number of hydrogen-bond acceptors (Lipinski definition) is 3. The number of halogens is 1. The second kappa shape index (κ2) is 8.64. The van der Waals surface area contributed by atoms with Gasteiger partial charge in [0.1, 0.15) is 5.70 Å². The number of anilines is 2. The fraction of sp³-hybridized carbons (Fsp3) is 0.185. The Morgan fingerprint density at radius 2 is 1.53 bits per heavy atom. The SMILES string of the molecule is CCc1ccc(NC2=C(c3ccc(C)c(C)c3)C(=O)N(c3ccc(Cl)cc3C)C2=O)cc1. The first-order valence-electron chi connectivity index (χ1n) is 10.6. The lowest BCUT2D eigenvalue weighted by molar-refractivity contribution is -0.120. The standard InChI is InChI=1S/C27H25ClN2O2/c1-5-19-7-11-22(12-8-19)29-25-24(20-9-6-16(2)17(3)14-20)26(31)30(27(25)32)23-13-10-21(28)15-18(23)4/h6-15,29H,5H2,1-4H3. The van der Waals surface area contributed by atoms with E-state index in [1.54, 1.807) is 18.2 Å². The van der Waals surface area contributed by atoms with Gasteiger partial charge < -0.3 is 5.32 Å². The largest absolute Gasteiger partial charge is 0.350 e. The lowest BCUT2D eigenvalue weighted by Crippen LogP contribution is -2.33. The Bertz CT molecular complexity index is 1260. The molecule has 5 heteroatoms. The number of carbonyl (C=O) groups excluding carboxylic acids is 2. The third-order valence-corrected chi connectivity index (χ3v) is 6.15. The Kier molecular flexibility index (Phi) is 5.90. The minimum atomic E-state index is -0.381. The Hall–Kier alpha value is -3.37. The molecule has 1 aliphatic rings. The molecule has 4 rings (SSSR count). The third-order valence-electron chi connectivity index (χ3n) is 5.91. The first-order valence-corrected chi connectivity index (χ1v) is 11.0. The fourth-order valence-electron chi connectivity index (χ4n) is 3.87. The van der Waals surface area contributed by atoms with Crippen molar-refractivity contribution in [3.8, 4) is 0 Å². The number of benzene rings is 3. The summed E-state index contributed by atoms with van der Waals surface area (Å²) in [5.41, 5.74) is 6.79. The first kappa shape index (κ1) is 21.8. The lowest BCUT2D eigenvalue weighted by atomic mass is 9.99. The van der Waals surface area contributed by atoms with E-state index in [0.717, 1.165) is 28.8 Å². The van der Waals surface area contributed by atoms with Crippen molar-refractivity contribution in [1.29, 1.82) is 0 Å². The maximum Gasteiger partial charge on any atom is 0.282 e. The smallest absolute Gasteiger partial charge is 0.282 e. The van der Waals surface area contributed by atoms with E-state index in [0.29, 0.717) is 21.8 Å². The van der Waals surface area contributed by atoms with Crippen molar-refractivity contribution in [2.45, 2.75) is 34.1 Å². The van der Waals surface area contributed by atoms with Gasteiger partial charge in [-0.2, -0.15) is 0 Å². The topological polar surface area (TPSA) is 49.4 Å². The number of aryl methyl sites for hydroxylation is 4. The average molecular weight is 445 g/mol. The van der Waals surface area contributed by atoms with Gasteiger partial charge in [-0.05, 0) is 85.3 Å².